The first kappa shape index (κ1) is 16.2. The molecule has 0 N–H and O–H groups in total. The summed E-state index contributed by atoms with van der Waals surface area (Å²) < 4.78 is 2.99. The van der Waals surface area contributed by atoms with Crippen molar-refractivity contribution in [1.82, 2.24) is 14.8 Å². The second-order valence-electron chi connectivity index (χ2n) is 5.99. The van der Waals surface area contributed by atoms with Crippen LogP contribution < -0.4 is 0 Å². The van der Waals surface area contributed by atoms with E-state index in [1.807, 2.05) is 79.2 Å². The Morgan fingerprint density at radius 1 is 1.08 bits per heavy atom. The quantitative estimate of drug-likeness (QED) is 0.476. The summed E-state index contributed by atoms with van der Waals surface area (Å²) in [4.78, 5) is 4.60. The van der Waals surface area contributed by atoms with E-state index in [0.29, 0.717) is 5.57 Å². The molecule has 4 nitrogen and oxygen atoms in total. The zero-order valence-electron chi connectivity index (χ0n) is 14.5. The molecule has 5 heteroatoms. The van der Waals surface area contributed by atoms with E-state index >= 15 is 0 Å². The molecule has 0 fully saturated rings. The highest BCUT2D eigenvalue weighted by Gasteiger charge is 2.14. The van der Waals surface area contributed by atoms with Gasteiger partial charge >= 0.3 is 0 Å². The van der Waals surface area contributed by atoms with Gasteiger partial charge in [0.15, 0.2) is 0 Å². The summed E-state index contributed by atoms with van der Waals surface area (Å²) >= 11 is 1.53. The minimum atomic E-state index is 0.560. The van der Waals surface area contributed by atoms with Crippen LogP contribution >= 0.6 is 11.3 Å². The fourth-order valence-corrected chi connectivity index (χ4v) is 3.89. The normalized spacial score (nSPS) is 11.7. The maximum atomic E-state index is 9.69. The predicted molar refractivity (Wildman–Crippen MR) is 106 cm³/mol. The van der Waals surface area contributed by atoms with Crippen LogP contribution in [-0.4, -0.2) is 14.8 Å². The minimum absolute atomic E-state index is 0.560. The van der Waals surface area contributed by atoms with Crippen LogP contribution in [0.2, 0.25) is 0 Å². The minimum Gasteiger partial charge on any atom is -0.237 e. The molecule has 0 bridgehead atoms. The molecular weight excluding hydrogens is 340 g/mol. The molecule has 0 amide bonds. The first-order valence-corrected chi connectivity index (χ1v) is 9.08. The average Bonchev–Trinajstić information content (AvgIpc) is 3.22. The number of aromatic nitrogens is 3. The van der Waals surface area contributed by atoms with Gasteiger partial charge in [0, 0.05) is 11.3 Å². The lowest BCUT2D eigenvalue weighted by molar-refractivity contribution is 0.833. The molecule has 0 unspecified atom stereocenters. The van der Waals surface area contributed by atoms with Crippen molar-refractivity contribution in [2.24, 2.45) is 0 Å². The van der Waals surface area contributed by atoms with Crippen molar-refractivity contribution in [1.29, 1.82) is 5.26 Å². The monoisotopic (exact) mass is 356 g/mol. The van der Waals surface area contributed by atoms with Gasteiger partial charge in [0.05, 0.1) is 27.2 Å². The van der Waals surface area contributed by atoms with Gasteiger partial charge in [-0.25, -0.2) is 9.67 Å². The van der Waals surface area contributed by atoms with E-state index in [4.69, 9.17) is 0 Å². The summed E-state index contributed by atoms with van der Waals surface area (Å²) in [6.45, 7) is 3.98. The van der Waals surface area contributed by atoms with Crippen LogP contribution in [0.3, 0.4) is 0 Å². The number of nitriles is 1. The number of fused-ring (bicyclic) bond motifs is 1. The molecule has 0 saturated carbocycles. The van der Waals surface area contributed by atoms with E-state index in [1.54, 1.807) is 0 Å². The van der Waals surface area contributed by atoms with Gasteiger partial charge < -0.3 is 0 Å². The molecule has 2 aromatic heterocycles. The molecule has 4 aromatic rings. The third-order valence-electron chi connectivity index (χ3n) is 4.28. The van der Waals surface area contributed by atoms with Crippen LogP contribution in [0.25, 0.3) is 27.6 Å². The Labute approximate surface area is 155 Å². The standard InChI is InChI=1S/C21H16N4S/c1-14-18(15(2)25(24-14)17-8-4-3-5-9-17)12-16(13-22)21-23-19-10-6-7-11-20(19)26-21/h3-12H,1-2H3/b16-12+. The van der Waals surface area contributed by atoms with Crippen molar-refractivity contribution < 1.29 is 0 Å². The van der Waals surface area contributed by atoms with Gasteiger partial charge in [-0.1, -0.05) is 30.3 Å². The number of aryl methyl sites for hydroxylation is 1. The SMILES string of the molecule is Cc1nn(-c2ccccc2)c(C)c1/C=C(\C#N)c1nc2ccccc2s1. The van der Waals surface area contributed by atoms with Crippen LogP contribution in [0.15, 0.2) is 54.6 Å². The van der Waals surface area contributed by atoms with Gasteiger partial charge in [0.2, 0.25) is 0 Å². The first-order chi connectivity index (χ1) is 12.7. The lowest BCUT2D eigenvalue weighted by Gasteiger charge is -2.03. The zero-order chi connectivity index (χ0) is 18.1. The van der Waals surface area contributed by atoms with Gasteiger partial charge in [-0.3, -0.25) is 0 Å². The summed E-state index contributed by atoms with van der Waals surface area (Å²) in [7, 11) is 0. The fourth-order valence-electron chi connectivity index (χ4n) is 2.96. The van der Waals surface area contributed by atoms with E-state index in [-0.39, 0.29) is 0 Å². The molecule has 2 aromatic carbocycles. The highest BCUT2D eigenvalue weighted by Crippen LogP contribution is 2.29. The molecule has 0 aliphatic carbocycles. The highest BCUT2D eigenvalue weighted by molar-refractivity contribution is 7.19. The van der Waals surface area contributed by atoms with Gasteiger partial charge in [-0.05, 0) is 44.2 Å². The lowest BCUT2D eigenvalue weighted by Crippen LogP contribution is -1.98. The molecule has 0 saturated heterocycles. The molecule has 4 rings (SSSR count). The molecule has 26 heavy (non-hydrogen) atoms. The Hall–Kier alpha value is -3.23. The van der Waals surface area contributed by atoms with Crippen molar-refractivity contribution in [3.8, 4) is 11.8 Å². The second kappa shape index (κ2) is 6.58. The van der Waals surface area contributed by atoms with Crippen LogP contribution in [-0.2, 0) is 0 Å². The summed E-state index contributed by atoms with van der Waals surface area (Å²) in [5.74, 6) is 0. The van der Waals surface area contributed by atoms with Crippen molar-refractivity contribution in [2.75, 3.05) is 0 Å². The Morgan fingerprint density at radius 3 is 2.54 bits per heavy atom. The number of allylic oxidation sites excluding steroid dienone is 1. The lowest BCUT2D eigenvalue weighted by atomic mass is 10.1. The van der Waals surface area contributed by atoms with Crippen molar-refractivity contribution in [3.63, 3.8) is 0 Å². The van der Waals surface area contributed by atoms with Gasteiger partial charge in [0.25, 0.3) is 0 Å². The van der Waals surface area contributed by atoms with Crippen LogP contribution in [0, 0.1) is 25.2 Å². The average molecular weight is 356 g/mol. The number of rotatable bonds is 3. The molecule has 0 spiro atoms. The summed E-state index contributed by atoms with van der Waals surface area (Å²) in [5, 5.41) is 15.1. The fraction of sp³-hybridized carbons (Fsp3) is 0.0952. The largest absolute Gasteiger partial charge is 0.237 e. The number of nitrogens with zero attached hydrogens (tertiary/aromatic N) is 4. The molecule has 0 aliphatic rings. The second-order valence-corrected chi connectivity index (χ2v) is 7.02. The molecule has 0 radical (unpaired) electrons. The summed E-state index contributed by atoms with van der Waals surface area (Å²) in [6, 6.07) is 20.2. The number of hydrogen-bond donors (Lipinski definition) is 0. The van der Waals surface area contributed by atoms with Crippen LogP contribution in [0.4, 0.5) is 0 Å². The van der Waals surface area contributed by atoms with Gasteiger partial charge in [-0.2, -0.15) is 10.4 Å². The van der Waals surface area contributed by atoms with Crippen molar-refractivity contribution >= 4 is 33.2 Å². The zero-order valence-corrected chi connectivity index (χ0v) is 15.3. The Morgan fingerprint density at radius 2 is 1.81 bits per heavy atom. The predicted octanol–water partition coefficient (Wildman–Crippen LogP) is 5.16. The summed E-state index contributed by atoms with van der Waals surface area (Å²) in [5.41, 5.74) is 5.34. The van der Waals surface area contributed by atoms with E-state index in [1.165, 1.54) is 11.3 Å². The van der Waals surface area contributed by atoms with Crippen molar-refractivity contribution in [2.45, 2.75) is 13.8 Å². The Balaban J connectivity index is 1.82. The molecule has 0 aliphatic heterocycles. The molecule has 2 heterocycles. The van der Waals surface area contributed by atoms with Gasteiger partial charge in [0.1, 0.15) is 11.1 Å². The molecule has 126 valence electrons. The first-order valence-electron chi connectivity index (χ1n) is 8.27. The van der Waals surface area contributed by atoms with E-state index < -0.39 is 0 Å². The maximum Gasteiger partial charge on any atom is 0.135 e. The number of hydrogen-bond acceptors (Lipinski definition) is 4. The van der Waals surface area contributed by atoms with Crippen LogP contribution in [0.1, 0.15) is 22.0 Å². The van der Waals surface area contributed by atoms with E-state index in [2.05, 4.69) is 16.2 Å². The number of thiazole rings is 1. The number of benzene rings is 2. The van der Waals surface area contributed by atoms with Gasteiger partial charge in [-0.15, -0.1) is 11.3 Å². The smallest absolute Gasteiger partial charge is 0.135 e. The Bertz CT molecular complexity index is 1130. The Kier molecular flexibility index (Phi) is 4.11. The topological polar surface area (TPSA) is 54.5 Å². The molecular formula is C21H16N4S. The van der Waals surface area contributed by atoms with E-state index in [0.717, 1.165) is 37.9 Å². The number of para-hydroxylation sites is 2. The highest BCUT2D eigenvalue weighted by atomic mass is 32.1. The third-order valence-corrected chi connectivity index (χ3v) is 5.35. The third kappa shape index (κ3) is 2.81. The van der Waals surface area contributed by atoms with Crippen molar-refractivity contribution in [3.05, 3.63) is 76.6 Å². The van der Waals surface area contributed by atoms with Crippen LogP contribution in [0.5, 0.6) is 0 Å². The maximum absolute atomic E-state index is 9.69. The molecule has 0 atom stereocenters. The summed E-state index contributed by atoms with van der Waals surface area (Å²) in [6.07, 6.45) is 1.90. The van der Waals surface area contributed by atoms with E-state index in [9.17, 15) is 5.26 Å².